The van der Waals surface area contributed by atoms with Crippen molar-refractivity contribution in [2.24, 2.45) is 0 Å². The van der Waals surface area contributed by atoms with Gasteiger partial charge in [-0.1, -0.05) is 30.3 Å². The van der Waals surface area contributed by atoms with Gasteiger partial charge >= 0.3 is 12.3 Å². The number of alkyl halides is 3. The van der Waals surface area contributed by atoms with Gasteiger partial charge < -0.3 is 15.2 Å². The molecule has 0 aliphatic carbocycles. The van der Waals surface area contributed by atoms with E-state index in [4.69, 9.17) is 4.74 Å². The van der Waals surface area contributed by atoms with Gasteiger partial charge in [0.1, 0.15) is 5.60 Å². The molecule has 0 saturated carbocycles. The zero-order chi connectivity index (χ0) is 17.7. The van der Waals surface area contributed by atoms with Crippen molar-refractivity contribution in [3.05, 3.63) is 35.9 Å². The van der Waals surface area contributed by atoms with Gasteiger partial charge in [0, 0.05) is 0 Å². The monoisotopic (exact) mass is 333 g/mol. The quantitative estimate of drug-likeness (QED) is 0.868. The molecule has 0 aliphatic heterocycles. The number of carbonyl (C=O) groups is 1. The maximum absolute atomic E-state index is 12.8. The Morgan fingerprint density at radius 3 is 2.26 bits per heavy atom. The van der Waals surface area contributed by atoms with E-state index in [2.05, 4.69) is 5.32 Å². The number of aryl methyl sites for hydroxylation is 1. The molecule has 0 heterocycles. The minimum absolute atomic E-state index is 0.0655. The molecular weight excluding hydrogens is 311 g/mol. The molecule has 0 radical (unpaired) electrons. The molecule has 0 aromatic heterocycles. The van der Waals surface area contributed by atoms with Crippen molar-refractivity contribution in [1.82, 2.24) is 5.32 Å². The largest absolute Gasteiger partial charge is 0.444 e. The third kappa shape index (κ3) is 7.36. The topological polar surface area (TPSA) is 58.6 Å². The molecule has 7 heteroatoms. The normalized spacial score (nSPS) is 14.9. The number of benzene rings is 1. The summed E-state index contributed by atoms with van der Waals surface area (Å²) in [4.78, 5) is 11.7. The summed E-state index contributed by atoms with van der Waals surface area (Å²) >= 11 is 0. The maximum Gasteiger partial charge on any atom is 0.416 e. The smallest absolute Gasteiger partial charge is 0.416 e. The molecule has 1 rings (SSSR count). The summed E-state index contributed by atoms with van der Waals surface area (Å²) < 4.78 is 43.3. The highest BCUT2D eigenvalue weighted by Crippen LogP contribution is 2.24. The zero-order valence-corrected chi connectivity index (χ0v) is 13.4. The molecule has 0 spiro atoms. The Morgan fingerprint density at radius 1 is 1.22 bits per heavy atom. The molecule has 23 heavy (non-hydrogen) atoms. The van der Waals surface area contributed by atoms with Gasteiger partial charge in [-0.2, -0.15) is 13.2 Å². The highest BCUT2D eigenvalue weighted by Gasteiger charge is 2.44. The summed E-state index contributed by atoms with van der Waals surface area (Å²) in [7, 11) is 0. The van der Waals surface area contributed by atoms with Crippen molar-refractivity contribution >= 4 is 6.09 Å². The number of aliphatic hydroxyl groups is 1. The van der Waals surface area contributed by atoms with Crippen LogP contribution in [0.1, 0.15) is 32.8 Å². The molecular formula is C16H22F3NO3. The third-order valence-electron chi connectivity index (χ3n) is 3.01. The summed E-state index contributed by atoms with van der Waals surface area (Å²) in [5.41, 5.74) is -0.0186. The van der Waals surface area contributed by atoms with E-state index in [9.17, 15) is 23.1 Å². The van der Waals surface area contributed by atoms with Crippen molar-refractivity contribution in [1.29, 1.82) is 0 Å². The molecule has 0 bridgehead atoms. The van der Waals surface area contributed by atoms with Crippen LogP contribution in [-0.2, 0) is 11.2 Å². The molecule has 1 amide bonds. The Hall–Kier alpha value is -1.76. The van der Waals surface area contributed by atoms with Gasteiger partial charge in [0.2, 0.25) is 0 Å². The predicted molar refractivity (Wildman–Crippen MR) is 80.0 cm³/mol. The lowest BCUT2D eigenvalue weighted by atomic mass is 10.0. The van der Waals surface area contributed by atoms with Crippen molar-refractivity contribution in [3.8, 4) is 0 Å². The fourth-order valence-corrected chi connectivity index (χ4v) is 1.96. The summed E-state index contributed by atoms with van der Waals surface area (Å²) in [6, 6.07) is 7.39. The van der Waals surface area contributed by atoms with Crippen LogP contribution in [0.5, 0.6) is 0 Å². The van der Waals surface area contributed by atoms with E-state index in [0.717, 1.165) is 5.56 Å². The van der Waals surface area contributed by atoms with Gasteiger partial charge in [-0.15, -0.1) is 0 Å². The van der Waals surface area contributed by atoms with Crippen LogP contribution in [-0.4, -0.2) is 35.1 Å². The van der Waals surface area contributed by atoms with Crippen LogP contribution in [0.4, 0.5) is 18.0 Å². The van der Waals surface area contributed by atoms with Crippen LogP contribution < -0.4 is 5.32 Å². The Kier molecular flexibility index (Phi) is 6.44. The highest BCUT2D eigenvalue weighted by atomic mass is 19.4. The molecule has 2 unspecified atom stereocenters. The SMILES string of the molecule is CC(C)(C)OC(=O)NC(CCc1ccccc1)C(O)C(F)(F)F. The molecule has 2 atom stereocenters. The van der Waals surface area contributed by atoms with E-state index in [1.54, 1.807) is 51.1 Å². The molecule has 0 saturated heterocycles. The lowest BCUT2D eigenvalue weighted by molar-refractivity contribution is -0.212. The Morgan fingerprint density at radius 2 is 1.78 bits per heavy atom. The van der Waals surface area contributed by atoms with Crippen LogP contribution in [0.2, 0.25) is 0 Å². The van der Waals surface area contributed by atoms with Gasteiger partial charge in [0.25, 0.3) is 0 Å². The molecule has 4 nitrogen and oxygen atoms in total. The molecule has 1 aromatic rings. The van der Waals surface area contributed by atoms with Crippen molar-refractivity contribution < 1.29 is 27.8 Å². The summed E-state index contributed by atoms with van der Waals surface area (Å²) in [5.74, 6) is 0. The number of amides is 1. The standard InChI is InChI=1S/C16H22F3NO3/c1-15(2,3)23-14(22)20-12(13(21)16(17,18)19)10-9-11-7-5-4-6-8-11/h4-8,12-13,21H,9-10H2,1-3H3,(H,20,22). The fraction of sp³-hybridized carbons (Fsp3) is 0.562. The summed E-state index contributed by atoms with van der Waals surface area (Å²) in [6.07, 6.45) is -8.24. The molecule has 2 N–H and O–H groups in total. The number of alkyl carbamates (subject to hydrolysis) is 1. The number of hydrogen-bond acceptors (Lipinski definition) is 3. The number of carbonyl (C=O) groups excluding carboxylic acids is 1. The lowest BCUT2D eigenvalue weighted by Crippen LogP contribution is -2.51. The Balaban J connectivity index is 2.75. The number of halogens is 3. The van der Waals surface area contributed by atoms with Gasteiger partial charge in [0.15, 0.2) is 6.10 Å². The number of ether oxygens (including phenoxy) is 1. The highest BCUT2D eigenvalue weighted by molar-refractivity contribution is 5.68. The number of aliphatic hydroxyl groups excluding tert-OH is 1. The van der Waals surface area contributed by atoms with Crippen molar-refractivity contribution in [3.63, 3.8) is 0 Å². The molecule has 1 aromatic carbocycles. The first-order valence-electron chi connectivity index (χ1n) is 7.27. The first-order valence-corrected chi connectivity index (χ1v) is 7.27. The summed E-state index contributed by atoms with van der Waals surface area (Å²) in [6.45, 7) is 4.81. The minimum atomic E-state index is -4.82. The number of hydrogen-bond donors (Lipinski definition) is 2. The summed E-state index contributed by atoms with van der Waals surface area (Å²) in [5, 5.41) is 11.6. The van der Waals surface area contributed by atoms with E-state index < -0.39 is 30.0 Å². The molecule has 0 fully saturated rings. The van der Waals surface area contributed by atoms with Gasteiger partial charge in [0.05, 0.1) is 6.04 Å². The average molecular weight is 333 g/mol. The second kappa shape index (κ2) is 7.68. The second-order valence-corrected chi connectivity index (χ2v) is 6.26. The van der Waals surface area contributed by atoms with Crippen LogP contribution in [0.3, 0.4) is 0 Å². The third-order valence-corrected chi connectivity index (χ3v) is 3.01. The maximum atomic E-state index is 12.8. The van der Waals surface area contributed by atoms with Crippen LogP contribution in [0.25, 0.3) is 0 Å². The lowest BCUT2D eigenvalue weighted by Gasteiger charge is -2.27. The van der Waals surface area contributed by atoms with E-state index in [1.807, 2.05) is 0 Å². The van der Waals surface area contributed by atoms with E-state index in [1.165, 1.54) is 0 Å². The van der Waals surface area contributed by atoms with E-state index >= 15 is 0 Å². The van der Waals surface area contributed by atoms with Crippen LogP contribution in [0, 0.1) is 0 Å². The van der Waals surface area contributed by atoms with Crippen LogP contribution >= 0.6 is 0 Å². The van der Waals surface area contributed by atoms with Gasteiger partial charge in [-0.05, 0) is 39.2 Å². The van der Waals surface area contributed by atoms with Crippen molar-refractivity contribution in [2.45, 2.75) is 57.5 Å². The van der Waals surface area contributed by atoms with Gasteiger partial charge in [-0.25, -0.2) is 4.79 Å². The molecule has 0 aliphatic rings. The molecule has 130 valence electrons. The number of rotatable bonds is 5. The first kappa shape index (κ1) is 19.3. The van der Waals surface area contributed by atoms with E-state index in [-0.39, 0.29) is 12.8 Å². The average Bonchev–Trinajstić information content (AvgIpc) is 2.40. The van der Waals surface area contributed by atoms with Crippen molar-refractivity contribution in [2.75, 3.05) is 0 Å². The second-order valence-electron chi connectivity index (χ2n) is 6.26. The zero-order valence-electron chi connectivity index (χ0n) is 13.4. The van der Waals surface area contributed by atoms with Gasteiger partial charge in [-0.3, -0.25) is 0 Å². The Bertz CT molecular complexity index is 498. The Labute approximate surface area is 133 Å². The number of nitrogens with one attached hydrogen (secondary N) is 1. The van der Waals surface area contributed by atoms with Crippen LogP contribution in [0.15, 0.2) is 30.3 Å². The first-order chi connectivity index (χ1) is 10.5. The predicted octanol–water partition coefficient (Wildman–Crippen LogP) is 3.44. The van der Waals surface area contributed by atoms with E-state index in [0.29, 0.717) is 0 Å². The minimum Gasteiger partial charge on any atom is -0.444 e. The fourth-order valence-electron chi connectivity index (χ4n) is 1.96.